The average Bonchev–Trinajstić information content (AvgIpc) is 3.24. The Hall–Kier alpha value is -3.26. The van der Waals surface area contributed by atoms with Crippen LogP contribution in [0.25, 0.3) is 22.7 Å². The number of benzene rings is 1. The fourth-order valence-corrected chi connectivity index (χ4v) is 3.00. The summed E-state index contributed by atoms with van der Waals surface area (Å²) in [6.07, 6.45) is 0.344. The maximum absolute atomic E-state index is 14.7. The van der Waals surface area contributed by atoms with Gasteiger partial charge < -0.3 is 14.3 Å². The zero-order chi connectivity index (χ0) is 19.8. The summed E-state index contributed by atoms with van der Waals surface area (Å²) in [5, 5.41) is 9.12. The van der Waals surface area contributed by atoms with E-state index >= 15 is 0 Å². The number of carbonyl (C=O) groups excluding carboxylic acids is 1. The second-order valence-corrected chi connectivity index (χ2v) is 6.56. The fourth-order valence-electron chi connectivity index (χ4n) is 3.00. The molecule has 1 saturated heterocycles. The molecular weight excluding hydrogens is 365 g/mol. The van der Waals surface area contributed by atoms with E-state index in [-0.39, 0.29) is 13.2 Å². The normalized spacial score (nSPS) is 16.5. The van der Waals surface area contributed by atoms with Crippen molar-refractivity contribution in [2.75, 3.05) is 18.1 Å². The van der Waals surface area contributed by atoms with Crippen LogP contribution in [0.3, 0.4) is 0 Å². The van der Waals surface area contributed by atoms with Crippen molar-refractivity contribution in [3.8, 4) is 22.7 Å². The highest BCUT2D eigenvalue weighted by atomic mass is 19.1. The van der Waals surface area contributed by atoms with Crippen LogP contribution in [0.5, 0.6) is 0 Å². The molecule has 28 heavy (non-hydrogen) atoms. The van der Waals surface area contributed by atoms with Crippen LogP contribution in [0.15, 0.2) is 40.9 Å². The van der Waals surface area contributed by atoms with Crippen LogP contribution >= 0.6 is 0 Å². The van der Waals surface area contributed by atoms with E-state index in [1.807, 2.05) is 13.8 Å². The molecular formula is C20H18FN3O4. The van der Waals surface area contributed by atoms with Crippen molar-refractivity contribution in [3.63, 3.8) is 0 Å². The van der Waals surface area contributed by atoms with E-state index < -0.39 is 18.0 Å². The first kappa shape index (κ1) is 18.1. The number of amides is 1. The lowest BCUT2D eigenvalue weighted by molar-refractivity contribution is 0.0963. The number of hydrogen-bond acceptors (Lipinski definition) is 6. The Balaban J connectivity index is 1.59. The third-order valence-corrected chi connectivity index (χ3v) is 4.66. The molecule has 0 saturated carbocycles. The zero-order valence-electron chi connectivity index (χ0n) is 15.3. The van der Waals surface area contributed by atoms with Crippen molar-refractivity contribution >= 4 is 11.8 Å². The van der Waals surface area contributed by atoms with Gasteiger partial charge in [-0.05, 0) is 38.1 Å². The predicted molar refractivity (Wildman–Crippen MR) is 99.3 cm³/mol. The van der Waals surface area contributed by atoms with Gasteiger partial charge in [0.25, 0.3) is 0 Å². The second-order valence-electron chi connectivity index (χ2n) is 6.56. The van der Waals surface area contributed by atoms with Crippen molar-refractivity contribution in [1.82, 2.24) is 9.97 Å². The van der Waals surface area contributed by atoms with Crippen molar-refractivity contribution in [3.05, 3.63) is 53.8 Å². The molecule has 0 spiro atoms. The number of aliphatic hydroxyl groups is 1. The summed E-state index contributed by atoms with van der Waals surface area (Å²) in [7, 11) is 0. The maximum Gasteiger partial charge on any atom is 0.414 e. The van der Waals surface area contributed by atoms with Crippen LogP contribution in [0.2, 0.25) is 0 Å². The van der Waals surface area contributed by atoms with Gasteiger partial charge in [-0.25, -0.2) is 14.2 Å². The van der Waals surface area contributed by atoms with E-state index in [0.29, 0.717) is 28.4 Å². The number of carbonyl (C=O) groups is 1. The van der Waals surface area contributed by atoms with E-state index in [4.69, 9.17) is 14.3 Å². The number of aliphatic hydroxyl groups excluding tert-OH is 1. The number of aromatic nitrogens is 2. The molecule has 2 aromatic heterocycles. The van der Waals surface area contributed by atoms with Crippen molar-refractivity contribution < 1.29 is 23.4 Å². The highest BCUT2D eigenvalue weighted by Crippen LogP contribution is 2.30. The van der Waals surface area contributed by atoms with Crippen molar-refractivity contribution in [1.29, 1.82) is 0 Å². The minimum Gasteiger partial charge on any atom is -0.441 e. The second kappa shape index (κ2) is 7.05. The minimum atomic E-state index is -0.603. The number of rotatable bonds is 4. The highest BCUT2D eigenvalue weighted by molar-refractivity contribution is 5.90. The number of aryl methyl sites for hydroxylation is 2. The quantitative estimate of drug-likeness (QED) is 0.742. The fraction of sp³-hybridized carbons (Fsp3) is 0.250. The number of nitrogens with zero attached hydrogens (tertiary/aromatic N) is 3. The standard InChI is InChI=1S/C20H18FN3O4/c1-11-12(2)27-19(23-11)18-6-3-13(8-22-18)16-5-4-14(7-17(16)21)24-9-15(10-25)28-20(24)26/h3-8,15,25H,9-10H2,1-2H3/t15-/m1/s1. The summed E-state index contributed by atoms with van der Waals surface area (Å²) in [5.74, 6) is 0.657. The summed E-state index contributed by atoms with van der Waals surface area (Å²) < 4.78 is 25.2. The summed E-state index contributed by atoms with van der Waals surface area (Å²) in [6.45, 7) is 3.59. The molecule has 1 atom stereocenters. The molecule has 1 amide bonds. The van der Waals surface area contributed by atoms with Crippen LogP contribution in [-0.4, -0.2) is 40.4 Å². The van der Waals surface area contributed by atoms with E-state index in [1.165, 1.54) is 11.0 Å². The molecule has 3 aromatic rings. The largest absolute Gasteiger partial charge is 0.441 e. The Kier molecular flexibility index (Phi) is 4.56. The number of hydrogen-bond donors (Lipinski definition) is 1. The lowest BCUT2D eigenvalue weighted by atomic mass is 10.1. The maximum atomic E-state index is 14.7. The lowest BCUT2D eigenvalue weighted by Gasteiger charge is -2.14. The minimum absolute atomic E-state index is 0.180. The monoisotopic (exact) mass is 383 g/mol. The third kappa shape index (κ3) is 3.22. The van der Waals surface area contributed by atoms with Gasteiger partial charge in [-0.3, -0.25) is 9.88 Å². The van der Waals surface area contributed by atoms with E-state index in [2.05, 4.69) is 9.97 Å². The van der Waals surface area contributed by atoms with Gasteiger partial charge in [0, 0.05) is 17.3 Å². The topological polar surface area (TPSA) is 88.7 Å². The molecule has 4 rings (SSSR count). The summed E-state index contributed by atoms with van der Waals surface area (Å²) in [6, 6.07) is 7.94. The number of halogens is 1. The van der Waals surface area contributed by atoms with E-state index in [1.54, 1.807) is 30.5 Å². The van der Waals surface area contributed by atoms with Gasteiger partial charge in [-0.2, -0.15) is 0 Å². The zero-order valence-corrected chi connectivity index (χ0v) is 15.3. The molecule has 1 aromatic carbocycles. The summed E-state index contributed by atoms with van der Waals surface area (Å²) >= 11 is 0. The molecule has 0 bridgehead atoms. The SMILES string of the molecule is Cc1nc(-c2ccc(-c3ccc(N4C[C@H](CO)OC4=O)cc3F)cn2)oc1C. The highest BCUT2D eigenvalue weighted by Gasteiger charge is 2.32. The molecule has 1 fully saturated rings. The van der Waals surface area contributed by atoms with Gasteiger partial charge >= 0.3 is 6.09 Å². The molecule has 1 N–H and O–H groups in total. The summed E-state index contributed by atoms with van der Waals surface area (Å²) in [4.78, 5) is 21.8. The van der Waals surface area contributed by atoms with Crippen molar-refractivity contribution in [2.24, 2.45) is 0 Å². The Bertz CT molecular complexity index is 1010. The molecule has 0 radical (unpaired) electrons. The molecule has 7 nitrogen and oxygen atoms in total. The number of oxazole rings is 1. The first-order valence-corrected chi connectivity index (χ1v) is 8.75. The van der Waals surface area contributed by atoms with Crippen LogP contribution in [-0.2, 0) is 4.74 Å². The first-order chi connectivity index (χ1) is 13.5. The molecule has 3 heterocycles. The number of cyclic esters (lactones) is 1. The average molecular weight is 383 g/mol. The lowest BCUT2D eigenvalue weighted by Crippen LogP contribution is -2.25. The van der Waals surface area contributed by atoms with Gasteiger partial charge in [0.1, 0.15) is 23.4 Å². The van der Waals surface area contributed by atoms with Gasteiger partial charge in [-0.15, -0.1) is 0 Å². The molecule has 0 unspecified atom stereocenters. The Morgan fingerprint density at radius 3 is 2.68 bits per heavy atom. The van der Waals surface area contributed by atoms with Crippen LogP contribution in [0.1, 0.15) is 11.5 Å². The van der Waals surface area contributed by atoms with Crippen LogP contribution in [0.4, 0.5) is 14.9 Å². The number of anilines is 1. The predicted octanol–water partition coefficient (Wildman–Crippen LogP) is 3.48. The number of pyridine rings is 1. The molecule has 8 heteroatoms. The van der Waals surface area contributed by atoms with Crippen molar-refractivity contribution in [2.45, 2.75) is 20.0 Å². The molecule has 1 aliphatic heterocycles. The van der Waals surface area contributed by atoms with Gasteiger partial charge in [0.15, 0.2) is 0 Å². The van der Waals surface area contributed by atoms with Crippen LogP contribution < -0.4 is 4.90 Å². The summed E-state index contributed by atoms with van der Waals surface area (Å²) in [5.41, 5.74) is 2.68. The van der Waals surface area contributed by atoms with Gasteiger partial charge in [0.2, 0.25) is 5.89 Å². The van der Waals surface area contributed by atoms with Crippen LogP contribution in [0, 0.1) is 19.7 Å². The number of ether oxygens (including phenoxy) is 1. The van der Waals surface area contributed by atoms with E-state index in [0.717, 1.165) is 11.5 Å². The molecule has 1 aliphatic rings. The van der Waals surface area contributed by atoms with Gasteiger partial charge in [0.05, 0.1) is 24.5 Å². The van der Waals surface area contributed by atoms with Gasteiger partial charge in [-0.1, -0.05) is 6.07 Å². The first-order valence-electron chi connectivity index (χ1n) is 8.75. The molecule has 144 valence electrons. The Labute approximate surface area is 160 Å². The van der Waals surface area contributed by atoms with E-state index in [9.17, 15) is 9.18 Å². The third-order valence-electron chi connectivity index (χ3n) is 4.66. The Morgan fingerprint density at radius 2 is 2.11 bits per heavy atom. The smallest absolute Gasteiger partial charge is 0.414 e. The Morgan fingerprint density at radius 1 is 1.29 bits per heavy atom. The molecule has 0 aliphatic carbocycles.